The summed E-state index contributed by atoms with van der Waals surface area (Å²) in [5, 5.41) is 3.95. The molecule has 29 heavy (non-hydrogen) atoms. The van der Waals surface area contributed by atoms with E-state index in [9.17, 15) is 4.79 Å². The van der Waals surface area contributed by atoms with Gasteiger partial charge in [-0.25, -0.2) is 0 Å². The van der Waals surface area contributed by atoms with Gasteiger partial charge in [-0.15, -0.1) is 11.3 Å². The molecule has 4 rings (SSSR count). The van der Waals surface area contributed by atoms with Crippen molar-refractivity contribution in [3.05, 3.63) is 70.5 Å². The van der Waals surface area contributed by atoms with Crippen molar-refractivity contribution in [1.29, 1.82) is 0 Å². The van der Waals surface area contributed by atoms with E-state index < -0.39 is 0 Å². The van der Waals surface area contributed by atoms with Gasteiger partial charge in [0.05, 0.1) is 19.4 Å². The van der Waals surface area contributed by atoms with Crippen molar-refractivity contribution < 1.29 is 13.9 Å². The molecule has 152 valence electrons. The van der Waals surface area contributed by atoms with Gasteiger partial charge in [-0.1, -0.05) is 24.6 Å². The molecule has 0 saturated carbocycles. The van der Waals surface area contributed by atoms with Crippen molar-refractivity contribution in [1.82, 2.24) is 4.90 Å². The second-order valence-corrected chi connectivity index (χ2v) is 8.57. The van der Waals surface area contributed by atoms with Crippen LogP contribution in [0, 0.1) is 6.92 Å². The maximum Gasteiger partial charge on any atom is 0.291 e. The van der Waals surface area contributed by atoms with Gasteiger partial charge >= 0.3 is 0 Å². The molecule has 1 fully saturated rings. The number of thiophene rings is 1. The molecule has 0 bridgehead atoms. The fraction of sp³-hybridized carbons (Fsp3) is 0.348. The van der Waals surface area contributed by atoms with Crippen molar-refractivity contribution in [3.63, 3.8) is 0 Å². The number of rotatable bonds is 6. The van der Waals surface area contributed by atoms with E-state index in [2.05, 4.69) is 35.3 Å². The summed E-state index contributed by atoms with van der Waals surface area (Å²) in [5.41, 5.74) is 2.24. The summed E-state index contributed by atoms with van der Waals surface area (Å²) < 4.78 is 11.0. The number of ether oxygens (including phenoxy) is 1. The Labute approximate surface area is 175 Å². The molecule has 3 heterocycles. The Hall–Kier alpha value is -2.57. The number of likely N-dealkylation sites (tertiary alicyclic amines) is 1. The molecular formula is C23H26N2O3S. The number of methoxy groups -OCH3 is 1. The number of anilines is 1. The minimum Gasteiger partial charge on any atom is -0.496 e. The Balaban J connectivity index is 1.75. The van der Waals surface area contributed by atoms with E-state index in [1.54, 1.807) is 30.6 Å². The van der Waals surface area contributed by atoms with Gasteiger partial charge in [-0.05, 0) is 57.1 Å². The van der Waals surface area contributed by atoms with E-state index in [0.717, 1.165) is 39.8 Å². The van der Waals surface area contributed by atoms with Gasteiger partial charge in [0, 0.05) is 16.0 Å². The van der Waals surface area contributed by atoms with Crippen LogP contribution in [0.3, 0.4) is 0 Å². The summed E-state index contributed by atoms with van der Waals surface area (Å²) in [7, 11) is 1.71. The first-order valence-corrected chi connectivity index (χ1v) is 10.8. The number of furan rings is 1. The van der Waals surface area contributed by atoms with Crippen LogP contribution >= 0.6 is 11.3 Å². The summed E-state index contributed by atoms with van der Waals surface area (Å²) in [6.45, 7) is 4.14. The Morgan fingerprint density at radius 3 is 2.66 bits per heavy atom. The highest BCUT2D eigenvalue weighted by Gasteiger charge is 2.30. The monoisotopic (exact) mass is 410 g/mol. The predicted molar refractivity (Wildman–Crippen MR) is 116 cm³/mol. The van der Waals surface area contributed by atoms with Crippen LogP contribution in [0.15, 0.2) is 53.1 Å². The van der Waals surface area contributed by atoms with Crippen LogP contribution in [0.4, 0.5) is 5.00 Å². The maximum absolute atomic E-state index is 12.7. The third-order valence-corrected chi connectivity index (χ3v) is 6.32. The molecule has 3 aromatic rings. The lowest BCUT2D eigenvalue weighted by Crippen LogP contribution is -2.34. The minimum atomic E-state index is -0.226. The first-order chi connectivity index (χ1) is 14.2. The minimum absolute atomic E-state index is 0.0308. The fourth-order valence-electron chi connectivity index (χ4n) is 4.04. The second kappa shape index (κ2) is 8.84. The topological polar surface area (TPSA) is 54.7 Å². The number of para-hydroxylation sites is 1. The van der Waals surface area contributed by atoms with Crippen molar-refractivity contribution >= 4 is 22.2 Å². The average molecular weight is 411 g/mol. The SMILES string of the molecule is COc1ccccc1[C@@H](c1cc(C)sc1NC(=O)c1ccco1)N1CCCCC1. The number of hydrogen-bond acceptors (Lipinski definition) is 5. The number of nitrogens with one attached hydrogen (secondary N) is 1. The van der Waals surface area contributed by atoms with Crippen LogP contribution in [0.2, 0.25) is 0 Å². The van der Waals surface area contributed by atoms with Crippen molar-refractivity contribution in [3.8, 4) is 5.75 Å². The molecule has 1 amide bonds. The standard InChI is InChI=1S/C23H26N2O3S/c1-16-15-18(23(29-16)24-22(26)20-11-8-14-28-20)21(25-12-6-3-7-13-25)17-9-4-5-10-19(17)27-2/h4-5,8-11,14-15,21H,3,6-7,12-13H2,1-2H3,(H,24,26)/t21-/m0/s1. The van der Waals surface area contributed by atoms with Gasteiger partial charge in [-0.3, -0.25) is 9.69 Å². The first-order valence-electron chi connectivity index (χ1n) is 9.99. The van der Waals surface area contributed by atoms with Crippen molar-refractivity contribution in [2.24, 2.45) is 0 Å². The van der Waals surface area contributed by atoms with E-state index in [-0.39, 0.29) is 11.9 Å². The Morgan fingerprint density at radius 2 is 1.93 bits per heavy atom. The van der Waals surface area contributed by atoms with Crippen LogP contribution in [0.1, 0.15) is 51.9 Å². The molecule has 5 nitrogen and oxygen atoms in total. The zero-order valence-electron chi connectivity index (χ0n) is 16.8. The maximum atomic E-state index is 12.7. The molecule has 0 aliphatic carbocycles. The van der Waals surface area contributed by atoms with E-state index >= 15 is 0 Å². The lowest BCUT2D eigenvalue weighted by molar-refractivity contribution is 0.0996. The summed E-state index contributed by atoms with van der Waals surface area (Å²) in [4.78, 5) is 16.3. The number of aryl methyl sites for hydroxylation is 1. The summed E-state index contributed by atoms with van der Waals surface area (Å²) in [6, 6.07) is 13.8. The van der Waals surface area contributed by atoms with Gasteiger partial charge in [0.2, 0.25) is 0 Å². The molecule has 2 aromatic heterocycles. The second-order valence-electron chi connectivity index (χ2n) is 7.31. The highest BCUT2D eigenvalue weighted by molar-refractivity contribution is 7.16. The molecule has 0 unspecified atom stereocenters. The summed E-state index contributed by atoms with van der Waals surface area (Å²) in [6.07, 6.45) is 5.15. The fourth-order valence-corrected chi connectivity index (χ4v) is 4.98. The number of hydrogen-bond donors (Lipinski definition) is 1. The molecule has 1 aromatic carbocycles. The molecule has 1 aliphatic heterocycles. The van der Waals surface area contributed by atoms with E-state index in [1.807, 2.05) is 12.1 Å². The molecule has 1 saturated heterocycles. The largest absolute Gasteiger partial charge is 0.496 e. The molecule has 1 aliphatic rings. The van der Waals surface area contributed by atoms with Crippen LogP contribution in [0.5, 0.6) is 5.75 Å². The predicted octanol–water partition coefficient (Wildman–Crippen LogP) is 5.49. The zero-order chi connectivity index (χ0) is 20.2. The lowest BCUT2D eigenvalue weighted by atomic mass is 9.95. The van der Waals surface area contributed by atoms with Gasteiger partial charge in [0.15, 0.2) is 5.76 Å². The number of benzene rings is 1. The van der Waals surface area contributed by atoms with E-state index in [4.69, 9.17) is 9.15 Å². The normalized spacial score (nSPS) is 15.8. The first kappa shape index (κ1) is 19.7. The Kier molecular flexibility index (Phi) is 6.02. The van der Waals surface area contributed by atoms with Crippen LogP contribution in [0.25, 0.3) is 0 Å². The quantitative estimate of drug-likeness (QED) is 0.584. The van der Waals surface area contributed by atoms with Crippen LogP contribution in [-0.4, -0.2) is 31.0 Å². The highest BCUT2D eigenvalue weighted by atomic mass is 32.1. The molecule has 1 atom stereocenters. The van der Waals surface area contributed by atoms with Crippen LogP contribution in [-0.2, 0) is 0 Å². The molecule has 1 N–H and O–H groups in total. The average Bonchev–Trinajstić information content (AvgIpc) is 3.40. The Morgan fingerprint density at radius 1 is 1.14 bits per heavy atom. The molecular weight excluding hydrogens is 384 g/mol. The van der Waals surface area contributed by atoms with Crippen molar-refractivity contribution in [2.45, 2.75) is 32.2 Å². The smallest absolute Gasteiger partial charge is 0.291 e. The third-order valence-electron chi connectivity index (χ3n) is 5.34. The van der Waals surface area contributed by atoms with Crippen molar-refractivity contribution in [2.75, 3.05) is 25.5 Å². The number of carbonyl (C=O) groups excluding carboxylic acids is 1. The Bertz CT molecular complexity index is 958. The van der Waals surface area contributed by atoms with Gasteiger partial charge in [0.25, 0.3) is 5.91 Å². The van der Waals surface area contributed by atoms with Gasteiger partial charge in [0.1, 0.15) is 10.8 Å². The molecule has 0 spiro atoms. The van der Waals surface area contributed by atoms with E-state index in [0.29, 0.717) is 5.76 Å². The highest BCUT2D eigenvalue weighted by Crippen LogP contribution is 2.42. The van der Waals surface area contributed by atoms with Gasteiger partial charge < -0.3 is 14.5 Å². The number of amides is 1. The zero-order valence-corrected chi connectivity index (χ0v) is 17.6. The third kappa shape index (κ3) is 4.23. The number of carbonyl (C=O) groups is 1. The summed E-state index contributed by atoms with van der Waals surface area (Å²) in [5.74, 6) is 0.958. The van der Waals surface area contributed by atoms with E-state index in [1.165, 1.54) is 25.5 Å². The van der Waals surface area contributed by atoms with Gasteiger partial charge in [-0.2, -0.15) is 0 Å². The van der Waals surface area contributed by atoms with Crippen LogP contribution < -0.4 is 10.1 Å². The molecule has 0 radical (unpaired) electrons. The lowest BCUT2D eigenvalue weighted by Gasteiger charge is -2.35. The number of piperidine rings is 1. The number of nitrogens with zero attached hydrogens (tertiary/aromatic N) is 1. The molecule has 6 heteroatoms. The summed E-state index contributed by atoms with van der Waals surface area (Å²) >= 11 is 1.60.